The number of halogens is 3. The highest BCUT2D eigenvalue weighted by Gasteiger charge is 2.28. The molecule has 0 unspecified atom stereocenters. The van der Waals surface area contributed by atoms with Crippen molar-refractivity contribution in [2.45, 2.75) is 32.2 Å². The van der Waals surface area contributed by atoms with Gasteiger partial charge in [-0.1, -0.05) is 0 Å². The van der Waals surface area contributed by atoms with Crippen molar-refractivity contribution in [2.75, 3.05) is 40.9 Å². The molecule has 0 aromatic rings. The second-order valence-corrected chi connectivity index (χ2v) is 6.37. The van der Waals surface area contributed by atoms with Crippen LogP contribution in [0.4, 0.5) is 0 Å². The summed E-state index contributed by atoms with van der Waals surface area (Å²) < 4.78 is 7.28. The lowest BCUT2D eigenvalue weighted by molar-refractivity contribution is -0.891. The lowest BCUT2D eigenvalue weighted by Gasteiger charge is -2.35. The summed E-state index contributed by atoms with van der Waals surface area (Å²) in [5, 5.41) is 0. The standard InChI is InChI=1S/C11H25Cl2N2O.ClH/c1-11(2,14(12)13)7-9-15(3,4)8-6-10-16-5;/h6-10H2,1-5H3;1H/q+1;/p-1. The first-order chi connectivity index (χ1) is 7.21. The van der Waals surface area contributed by atoms with E-state index in [1.165, 1.54) is 3.94 Å². The van der Waals surface area contributed by atoms with Gasteiger partial charge in [0.15, 0.2) is 0 Å². The number of hydrogen-bond acceptors (Lipinski definition) is 2. The number of rotatable bonds is 8. The van der Waals surface area contributed by atoms with E-state index in [2.05, 4.69) is 14.1 Å². The minimum Gasteiger partial charge on any atom is -1.00 e. The molecule has 17 heavy (non-hydrogen) atoms. The van der Waals surface area contributed by atoms with Gasteiger partial charge >= 0.3 is 0 Å². The normalized spacial score (nSPS) is 12.7. The Bertz CT molecular complexity index is 199. The molecule has 0 amide bonds. The highest BCUT2D eigenvalue weighted by molar-refractivity contribution is 6.34. The Labute approximate surface area is 122 Å². The number of methoxy groups -OCH3 is 1. The molecular formula is C11H25Cl3N2O. The summed E-state index contributed by atoms with van der Waals surface area (Å²) in [7, 11) is 6.18. The number of nitrogens with zero attached hydrogens (tertiary/aromatic N) is 2. The minimum atomic E-state index is -0.181. The number of quaternary nitrogens is 1. The number of hydrogen-bond donors (Lipinski definition) is 0. The van der Waals surface area contributed by atoms with Crippen molar-refractivity contribution < 1.29 is 21.6 Å². The molecule has 0 saturated carbocycles. The summed E-state index contributed by atoms with van der Waals surface area (Å²) in [5.41, 5.74) is -0.181. The van der Waals surface area contributed by atoms with Crippen molar-refractivity contribution in [1.82, 2.24) is 3.94 Å². The van der Waals surface area contributed by atoms with Crippen molar-refractivity contribution in [2.24, 2.45) is 0 Å². The summed E-state index contributed by atoms with van der Waals surface area (Å²) in [6, 6.07) is 0. The molecule has 0 heterocycles. The van der Waals surface area contributed by atoms with Crippen molar-refractivity contribution in [3.05, 3.63) is 0 Å². The average molecular weight is 308 g/mol. The van der Waals surface area contributed by atoms with Gasteiger partial charge in [0.1, 0.15) is 0 Å². The van der Waals surface area contributed by atoms with Gasteiger partial charge in [0, 0.05) is 20.0 Å². The van der Waals surface area contributed by atoms with Crippen LogP contribution in [0.25, 0.3) is 0 Å². The molecule has 0 aliphatic rings. The molecule has 0 aliphatic carbocycles. The summed E-state index contributed by atoms with van der Waals surface area (Å²) in [5.74, 6) is 0. The maximum atomic E-state index is 5.80. The van der Waals surface area contributed by atoms with Gasteiger partial charge in [0.25, 0.3) is 0 Å². The molecule has 0 N–H and O–H groups in total. The van der Waals surface area contributed by atoms with Gasteiger partial charge in [-0.3, -0.25) is 0 Å². The van der Waals surface area contributed by atoms with Crippen LogP contribution < -0.4 is 12.4 Å². The zero-order valence-corrected chi connectivity index (χ0v) is 13.7. The SMILES string of the molecule is COCCC[N+](C)(C)CCC(C)(C)N(Cl)Cl.[Cl-]. The monoisotopic (exact) mass is 306 g/mol. The van der Waals surface area contributed by atoms with Crippen molar-refractivity contribution in [1.29, 1.82) is 0 Å². The van der Waals surface area contributed by atoms with Crippen LogP contribution >= 0.6 is 23.6 Å². The Morgan fingerprint density at radius 3 is 2.12 bits per heavy atom. The van der Waals surface area contributed by atoms with Crippen LogP contribution in [0.5, 0.6) is 0 Å². The smallest absolute Gasteiger partial charge is 0.0804 e. The van der Waals surface area contributed by atoms with E-state index in [-0.39, 0.29) is 17.9 Å². The van der Waals surface area contributed by atoms with Gasteiger partial charge in [-0.15, -0.1) is 3.94 Å². The van der Waals surface area contributed by atoms with E-state index in [1.807, 2.05) is 13.8 Å². The van der Waals surface area contributed by atoms with E-state index in [0.717, 1.165) is 37.0 Å². The third kappa shape index (κ3) is 9.34. The van der Waals surface area contributed by atoms with Gasteiger partial charge in [-0.05, 0) is 37.4 Å². The maximum Gasteiger partial charge on any atom is 0.0804 e. The topological polar surface area (TPSA) is 12.5 Å². The van der Waals surface area contributed by atoms with Crippen molar-refractivity contribution >= 4 is 23.6 Å². The first-order valence-corrected chi connectivity index (χ1v) is 6.32. The molecule has 106 valence electrons. The third-order valence-electron chi connectivity index (χ3n) is 2.90. The van der Waals surface area contributed by atoms with E-state index < -0.39 is 0 Å². The lowest BCUT2D eigenvalue weighted by atomic mass is 10.0. The zero-order valence-electron chi connectivity index (χ0n) is 11.5. The van der Waals surface area contributed by atoms with E-state index in [1.54, 1.807) is 7.11 Å². The highest BCUT2D eigenvalue weighted by atomic mass is 35.5. The summed E-state index contributed by atoms with van der Waals surface area (Å²) in [6.07, 6.45) is 2.04. The molecule has 0 aliphatic heterocycles. The van der Waals surface area contributed by atoms with Gasteiger partial charge < -0.3 is 21.6 Å². The van der Waals surface area contributed by atoms with Crippen molar-refractivity contribution in [3.63, 3.8) is 0 Å². The van der Waals surface area contributed by atoms with E-state index in [4.69, 9.17) is 28.3 Å². The van der Waals surface area contributed by atoms with Gasteiger partial charge in [-0.25, -0.2) is 0 Å². The summed E-state index contributed by atoms with van der Waals surface area (Å²) >= 11 is 11.6. The van der Waals surface area contributed by atoms with Crippen LogP contribution in [0.15, 0.2) is 0 Å². The fraction of sp³-hybridized carbons (Fsp3) is 1.00. The molecule has 0 atom stereocenters. The molecule has 0 saturated heterocycles. The van der Waals surface area contributed by atoms with Crippen LogP contribution in [0.2, 0.25) is 0 Å². The fourth-order valence-electron chi connectivity index (χ4n) is 1.41. The molecule has 3 nitrogen and oxygen atoms in total. The first-order valence-electron chi connectivity index (χ1n) is 5.64. The van der Waals surface area contributed by atoms with E-state index >= 15 is 0 Å². The van der Waals surface area contributed by atoms with Crippen LogP contribution in [0.1, 0.15) is 26.7 Å². The van der Waals surface area contributed by atoms with Crippen LogP contribution in [-0.4, -0.2) is 54.9 Å². The fourth-order valence-corrected chi connectivity index (χ4v) is 1.58. The quantitative estimate of drug-likeness (QED) is 0.352. The second-order valence-electron chi connectivity index (χ2n) is 5.52. The highest BCUT2D eigenvalue weighted by Crippen LogP contribution is 2.24. The van der Waals surface area contributed by atoms with E-state index in [0.29, 0.717) is 0 Å². The van der Waals surface area contributed by atoms with E-state index in [9.17, 15) is 0 Å². The predicted octanol–water partition coefficient (Wildman–Crippen LogP) is -0.118. The Morgan fingerprint density at radius 2 is 1.71 bits per heavy atom. The molecule has 0 aromatic heterocycles. The largest absolute Gasteiger partial charge is 1.00 e. The average Bonchev–Trinajstić information content (AvgIpc) is 2.15. The molecule has 0 spiro atoms. The Kier molecular flexibility index (Phi) is 10.4. The molecule has 0 rings (SSSR count). The molecule has 0 fully saturated rings. The Hall–Kier alpha value is 0.750. The summed E-state index contributed by atoms with van der Waals surface area (Å²) in [4.78, 5) is 0. The molecule has 0 bridgehead atoms. The van der Waals surface area contributed by atoms with Gasteiger partial charge in [0.05, 0.1) is 39.3 Å². The lowest BCUT2D eigenvalue weighted by Crippen LogP contribution is -3.00. The minimum absolute atomic E-state index is 0. The molecule has 0 aromatic carbocycles. The predicted molar refractivity (Wildman–Crippen MR) is 70.6 cm³/mol. The zero-order chi connectivity index (χ0) is 12.8. The Morgan fingerprint density at radius 1 is 1.18 bits per heavy atom. The molecule has 6 heteroatoms. The molecule has 0 radical (unpaired) electrons. The van der Waals surface area contributed by atoms with Gasteiger partial charge in [-0.2, -0.15) is 0 Å². The molecular weight excluding hydrogens is 282 g/mol. The van der Waals surface area contributed by atoms with Crippen molar-refractivity contribution in [3.8, 4) is 0 Å². The van der Waals surface area contributed by atoms with Crippen LogP contribution in [-0.2, 0) is 4.74 Å². The maximum absolute atomic E-state index is 5.80. The second kappa shape index (κ2) is 8.78. The number of ether oxygens (including phenoxy) is 1. The third-order valence-corrected chi connectivity index (χ3v) is 3.81. The van der Waals surface area contributed by atoms with Crippen LogP contribution in [0.3, 0.4) is 0 Å². The van der Waals surface area contributed by atoms with Crippen LogP contribution in [0, 0.1) is 0 Å². The van der Waals surface area contributed by atoms with Gasteiger partial charge in [0.2, 0.25) is 0 Å². The summed E-state index contributed by atoms with van der Waals surface area (Å²) in [6.45, 7) is 7.06. The first kappa shape index (κ1) is 20.1. The Balaban J connectivity index is 0.